The predicted octanol–water partition coefficient (Wildman–Crippen LogP) is 5.14. The third-order valence-corrected chi connectivity index (χ3v) is 6.38. The van der Waals surface area contributed by atoms with Crippen LogP contribution >= 0.6 is 0 Å². The Balaban J connectivity index is 1.77. The average molecular weight is 430 g/mol. The van der Waals surface area contributed by atoms with Gasteiger partial charge in [0, 0.05) is 34.9 Å². The summed E-state index contributed by atoms with van der Waals surface area (Å²) in [5.74, 6) is 2.75. The van der Waals surface area contributed by atoms with Gasteiger partial charge in [0.1, 0.15) is 23.4 Å². The molecule has 2 aliphatic rings. The van der Waals surface area contributed by atoms with Gasteiger partial charge in [0.05, 0.1) is 19.9 Å². The number of anilines is 1. The SMILES string of the molecule is COc1ccc([C@@H]2C3=C(C[C@H](C)CC3=O)Nc3c(-c4ccccc4)c(C)nn32)c(OC)c1. The maximum absolute atomic E-state index is 13.3. The van der Waals surface area contributed by atoms with E-state index in [1.807, 2.05) is 48.0 Å². The molecule has 2 aromatic carbocycles. The summed E-state index contributed by atoms with van der Waals surface area (Å²) in [6, 6.07) is 15.6. The Morgan fingerprint density at radius 1 is 1.06 bits per heavy atom. The van der Waals surface area contributed by atoms with Crippen LogP contribution in [0.1, 0.15) is 37.1 Å². The molecule has 0 saturated heterocycles. The first kappa shape index (κ1) is 20.4. The van der Waals surface area contributed by atoms with Crippen molar-refractivity contribution >= 4 is 11.6 Å². The van der Waals surface area contributed by atoms with Crippen LogP contribution in [0, 0.1) is 12.8 Å². The summed E-state index contributed by atoms with van der Waals surface area (Å²) in [5.41, 5.74) is 5.73. The monoisotopic (exact) mass is 429 g/mol. The van der Waals surface area contributed by atoms with Crippen LogP contribution in [0.25, 0.3) is 11.1 Å². The van der Waals surface area contributed by atoms with Crippen molar-refractivity contribution in [3.05, 3.63) is 71.1 Å². The Bertz CT molecular complexity index is 1230. The lowest BCUT2D eigenvalue weighted by Gasteiger charge is -2.35. The summed E-state index contributed by atoms with van der Waals surface area (Å²) >= 11 is 0. The van der Waals surface area contributed by atoms with E-state index in [2.05, 4.69) is 24.4 Å². The largest absolute Gasteiger partial charge is 0.497 e. The lowest BCUT2D eigenvalue weighted by atomic mass is 9.81. The fraction of sp³-hybridized carbons (Fsp3) is 0.308. The summed E-state index contributed by atoms with van der Waals surface area (Å²) in [6.07, 6.45) is 1.37. The van der Waals surface area contributed by atoms with Crippen molar-refractivity contribution < 1.29 is 14.3 Å². The van der Waals surface area contributed by atoms with Crippen LogP contribution in [0.4, 0.5) is 5.82 Å². The standard InChI is InChI=1S/C26H27N3O3/c1-15-12-20-24(21(30)13-15)25(19-11-10-18(31-3)14-22(19)32-4)29-26(27-20)23(16(2)28-29)17-8-6-5-7-9-17/h5-11,14-15,25,27H,12-13H2,1-4H3/t15-,25+/m0/s1. The third kappa shape index (κ3) is 3.18. The van der Waals surface area contributed by atoms with Gasteiger partial charge in [-0.25, -0.2) is 4.68 Å². The van der Waals surface area contributed by atoms with Crippen LogP contribution in [-0.2, 0) is 4.79 Å². The minimum absolute atomic E-state index is 0.161. The molecular weight excluding hydrogens is 402 g/mol. The highest BCUT2D eigenvalue weighted by Gasteiger charge is 2.40. The number of carbonyl (C=O) groups is 1. The normalized spacial score (nSPS) is 19.8. The van der Waals surface area contributed by atoms with E-state index >= 15 is 0 Å². The van der Waals surface area contributed by atoms with Crippen LogP contribution in [0.15, 0.2) is 59.8 Å². The van der Waals surface area contributed by atoms with Crippen molar-refractivity contribution in [2.24, 2.45) is 5.92 Å². The first-order valence-corrected chi connectivity index (χ1v) is 10.9. The van der Waals surface area contributed by atoms with Gasteiger partial charge in [0.2, 0.25) is 0 Å². The number of rotatable bonds is 4. The maximum atomic E-state index is 13.3. The molecule has 0 fully saturated rings. The summed E-state index contributed by atoms with van der Waals surface area (Å²) in [5, 5.41) is 8.53. The Labute approximate surface area is 187 Å². The van der Waals surface area contributed by atoms with Crippen molar-refractivity contribution in [1.82, 2.24) is 9.78 Å². The lowest BCUT2D eigenvalue weighted by molar-refractivity contribution is -0.117. The number of aromatic nitrogens is 2. The zero-order valence-corrected chi connectivity index (χ0v) is 18.8. The van der Waals surface area contributed by atoms with E-state index in [9.17, 15) is 4.79 Å². The van der Waals surface area contributed by atoms with Crippen molar-refractivity contribution in [3.63, 3.8) is 0 Å². The highest BCUT2D eigenvalue weighted by atomic mass is 16.5. The molecule has 2 atom stereocenters. The molecule has 3 aromatic rings. The molecule has 0 amide bonds. The van der Waals surface area contributed by atoms with Gasteiger partial charge < -0.3 is 14.8 Å². The number of nitrogens with one attached hydrogen (secondary N) is 1. The van der Waals surface area contributed by atoms with Crippen LogP contribution in [0.2, 0.25) is 0 Å². The molecule has 0 unspecified atom stereocenters. The quantitative estimate of drug-likeness (QED) is 0.622. The molecule has 6 heteroatoms. The molecule has 2 heterocycles. The van der Waals surface area contributed by atoms with E-state index < -0.39 is 0 Å². The molecule has 1 aromatic heterocycles. The van der Waals surface area contributed by atoms with Gasteiger partial charge in [-0.1, -0.05) is 37.3 Å². The molecule has 1 aliphatic heterocycles. The third-order valence-electron chi connectivity index (χ3n) is 6.38. The number of benzene rings is 2. The summed E-state index contributed by atoms with van der Waals surface area (Å²) in [6.45, 7) is 4.14. The number of hydrogen-bond acceptors (Lipinski definition) is 5. The van der Waals surface area contributed by atoms with Gasteiger partial charge in [-0.3, -0.25) is 4.79 Å². The van der Waals surface area contributed by atoms with Gasteiger partial charge in [-0.2, -0.15) is 5.10 Å². The Morgan fingerprint density at radius 2 is 1.84 bits per heavy atom. The molecule has 0 saturated carbocycles. The number of methoxy groups -OCH3 is 2. The molecule has 0 spiro atoms. The smallest absolute Gasteiger partial charge is 0.163 e. The lowest BCUT2D eigenvalue weighted by Crippen LogP contribution is -2.33. The van der Waals surface area contributed by atoms with Gasteiger partial charge in [0.15, 0.2) is 5.78 Å². The molecule has 1 N–H and O–H groups in total. The van der Waals surface area contributed by atoms with Gasteiger partial charge in [-0.15, -0.1) is 0 Å². The van der Waals surface area contributed by atoms with Crippen LogP contribution in [0.3, 0.4) is 0 Å². The highest BCUT2D eigenvalue weighted by molar-refractivity contribution is 6.00. The number of Topliss-reactive ketones (excluding diaryl/α,β-unsaturated/α-hetero) is 1. The second kappa shape index (κ2) is 7.86. The van der Waals surface area contributed by atoms with E-state index in [4.69, 9.17) is 14.6 Å². The van der Waals surface area contributed by atoms with E-state index in [0.717, 1.165) is 45.9 Å². The fourth-order valence-electron chi connectivity index (χ4n) is 4.96. The topological polar surface area (TPSA) is 65.4 Å². The average Bonchev–Trinajstić information content (AvgIpc) is 3.13. The molecule has 0 radical (unpaired) electrons. The zero-order valence-electron chi connectivity index (χ0n) is 18.8. The number of hydrogen-bond donors (Lipinski definition) is 1. The molecule has 32 heavy (non-hydrogen) atoms. The molecule has 5 rings (SSSR count). The minimum Gasteiger partial charge on any atom is -0.497 e. The first-order valence-electron chi connectivity index (χ1n) is 10.9. The zero-order chi connectivity index (χ0) is 22.4. The second-order valence-corrected chi connectivity index (χ2v) is 8.58. The number of ketones is 1. The van der Waals surface area contributed by atoms with Crippen molar-refractivity contribution in [2.45, 2.75) is 32.7 Å². The van der Waals surface area contributed by atoms with Crippen molar-refractivity contribution in [2.75, 3.05) is 19.5 Å². The van der Waals surface area contributed by atoms with Crippen LogP contribution in [-0.4, -0.2) is 29.8 Å². The van der Waals surface area contributed by atoms with E-state index in [1.165, 1.54) is 0 Å². The summed E-state index contributed by atoms with van der Waals surface area (Å²) in [7, 11) is 3.27. The number of fused-ring (bicyclic) bond motifs is 1. The highest BCUT2D eigenvalue weighted by Crippen LogP contribution is 2.47. The van der Waals surface area contributed by atoms with Gasteiger partial charge in [0.25, 0.3) is 0 Å². The number of aryl methyl sites for hydroxylation is 1. The first-order chi connectivity index (χ1) is 15.5. The van der Waals surface area contributed by atoms with Gasteiger partial charge in [-0.05, 0) is 37.0 Å². The van der Waals surface area contributed by atoms with Crippen LogP contribution < -0.4 is 14.8 Å². The summed E-state index contributed by atoms with van der Waals surface area (Å²) in [4.78, 5) is 13.3. The Hall–Kier alpha value is -3.54. The second-order valence-electron chi connectivity index (χ2n) is 8.58. The predicted molar refractivity (Wildman–Crippen MR) is 124 cm³/mol. The maximum Gasteiger partial charge on any atom is 0.163 e. The Morgan fingerprint density at radius 3 is 2.56 bits per heavy atom. The molecule has 1 aliphatic carbocycles. The van der Waals surface area contributed by atoms with Crippen molar-refractivity contribution in [3.8, 4) is 22.6 Å². The molecule has 164 valence electrons. The number of nitrogens with zero attached hydrogens (tertiary/aromatic N) is 2. The minimum atomic E-state index is -0.363. The number of carbonyl (C=O) groups excluding carboxylic acids is 1. The molecular formula is C26H27N3O3. The van der Waals surface area contributed by atoms with Gasteiger partial charge >= 0.3 is 0 Å². The van der Waals surface area contributed by atoms with E-state index in [0.29, 0.717) is 23.8 Å². The fourth-order valence-corrected chi connectivity index (χ4v) is 4.96. The number of ether oxygens (including phenoxy) is 2. The number of allylic oxidation sites excluding steroid dienone is 2. The van der Waals surface area contributed by atoms with Crippen molar-refractivity contribution in [1.29, 1.82) is 0 Å². The van der Waals surface area contributed by atoms with E-state index in [-0.39, 0.29) is 11.8 Å². The van der Waals surface area contributed by atoms with E-state index in [1.54, 1.807) is 14.2 Å². The molecule has 6 nitrogen and oxygen atoms in total. The molecule has 0 bridgehead atoms. The summed E-state index contributed by atoms with van der Waals surface area (Å²) < 4.78 is 13.1. The Kier molecular flexibility index (Phi) is 5.00. The van der Waals surface area contributed by atoms with Crippen LogP contribution in [0.5, 0.6) is 11.5 Å².